The number of benzene rings is 5. The van der Waals surface area contributed by atoms with Crippen LogP contribution in [0.15, 0.2) is 152 Å². The Kier molecular flexibility index (Phi) is 13.5. The molecule has 46 heavy (non-hydrogen) atoms. The molecule has 0 fully saturated rings. The van der Waals surface area contributed by atoms with Crippen LogP contribution in [0.3, 0.4) is 0 Å². The summed E-state index contributed by atoms with van der Waals surface area (Å²) in [4.78, 5) is 19.8. The molecule has 0 saturated carbocycles. The lowest BCUT2D eigenvalue weighted by atomic mass is 10.0. The number of aryl methyl sites for hydroxylation is 2. The molecular formula is C34H33F3O6P2S. The van der Waals surface area contributed by atoms with Gasteiger partial charge in [-0.05, 0) is 60.4 Å². The van der Waals surface area contributed by atoms with Crippen LogP contribution in [0, 0.1) is 0 Å². The molecule has 0 heterocycles. The molecular weight excluding hydrogens is 655 g/mol. The van der Waals surface area contributed by atoms with Gasteiger partial charge in [-0.15, -0.1) is 0 Å². The lowest BCUT2D eigenvalue weighted by molar-refractivity contribution is -0.0517. The van der Waals surface area contributed by atoms with Crippen LogP contribution >= 0.6 is 14.9 Å². The topological polar surface area (TPSA) is 115 Å². The van der Waals surface area contributed by atoms with Crippen LogP contribution in [0.5, 0.6) is 0 Å². The van der Waals surface area contributed by atoms with Gasteiger partial charge in [-0.3, -0.25) is 4.57 Å². The van der Waals surface area contributed by atoms with Gasteiger partial charge in [0.05, 0.1) is 0 Å². The second kappa shape index (κ2) is 16.8. The summed E-state index contributed by atoms with van der Waals surface area (Å²) in [7, 11) is -12.8. The molecule has 0 amide bonds. The molecule has 0 unspecified atom stereocenters. The van der Waals surface area contributed by atoms with Crippen LogP contribution in [0.1, 0.15) is 11.1 Å². The zero-order valence-corrected chi connectivity index (χ0v) is 27.1. The highest BCUT2D eigenvalue weighted by Crippen LogP contribution is 2.63. The minimum atomic E-state index is -6.09. The summed E-state index contributed by atoms with van der Waals surface area (Å²) in [5.41, 5.74) is -2.82. The summed E-state index contributed by atoms with van der Waals surface area (Å²) in [5.74, 6) is -0.169. The van der Waals surface area contributed by atoms with Crippen molar-refractivity contribution in [2.24, 2.45) is 0 Å². The lowest BCUT2D eigenvalue weighted by Gasteiger charge is -2.27. The molecule has 0 radical (unpaired) electrons. The second-order valence-electron chi connectivity index (χ2n) is 9.99. The van der Waals surface area contributed by atoms with Crippen LogP contribution in [0.4, 0.5) is 13.2 Å². The van der Waals surface area contributed by atoms with E-state index in [9.17, 15) is 27.5 Å². The van der Waals surface area contributed by atoms with Crippen molar-refractivity contribution in [3.8, 4) is 0 Å². The molecule has 0 spiro atoms. The molecule has 5 rings (SSSR count). The summed E-state index contributed by atoms with van der Waals surface area (Å²) >= 11 is 0. The van der Waals surface area contributed by atoms with Crippen molar-refractivity contribution < 1.29 is 40.5 Å². The zero-order valence-electron chi connectivity index (χ0n) is 24.5. The first-order valence-electron chi connectivity index (χ1n) is 13.9. The molecule has 2 N–H and O–H groups in total. The van der Waals surface area contributed by atoms with Crippen molar-refractivity contribution in [1.82, 2.24) is 0 Å². The molecule has 242 valence electrons. The molecule has 0 saturated heterocycles. The number of hydrogen-bond donors (Lipinski definition) is 2. The highest BCUT2D eigenvalue weighted by molar-refractivity contribution is 8.00. The van der Waals surface area contributed by atoms with E-state index in [1.165, 1.54) is 11.1 Å². The standard InChI is InChI=1S/C19H18O3P2.C14H14.CHF3O3S/c20-24(21,22)16-23(17-10-4-1-5-11-17,18-12-6-2-7-13-18)19-14-8-3-9-15-19;1-3-7-13(8-4-1)11-12-14-9-5-2-6-10-14;2-1(3,4)8(5,6)7/h1-15H,16H2,(H-,20,21,22);1-10H,11-12H2;(H,5,6,7). The van der Waals surface area contributed by atoms with E-state index >= 15 is 0 Å². The van der Waals surface area contributed by atoms with E-state index < -0.39 is 30.5 Å². The maximum absolute atomic E-state index is 12.1. The van der Waals surface area contributed by atoms with Gasteiger partial charge in [0.15, 0.2) is 16.0 Å². The van der Waals surface area contributed by atoms with Gasteiger partial charge in [0.1, 0.15) is 23.2 Å². The van der Waals surface area contributed by atoms with Crippen LogP contribution in [-0.4, -0.2) is 34.2 Å². The fraction of sp³-hybridized carbons (Fsp3) is 0.118. The molecule has 0 bridgehead atoms. The average molecular weight is 689 g/mol. The Balaban J connectivity index is 0.000000220. The third-order valence-electron chi connectivity index (χ3n) is 6.66. The van der Waals surface area contributed by atoms with E-state index in [0.717, 1.165) is 28.8 Å². The van der Waals surface area contributed by atoms with E-state index in [1.807, 2.05) is 91.0 Å². The quantitative estimate of drug-likeness (QED) is 0.107. The first kappa shape index (κ1) is 36.8. The van der Waals surface area contributed by atoms with Crippen LogP contribution in [0.25, 0.3) is 0 Å². The van der Waals surface area contributed by atoms with E-state index in [1.54, 1.807) is 0 Å². The second-order valence-corrected chi connectivity index (χ2v) is 17.0. The molecule has 0 aromatic heterocycles. The molecule has 0 aliphatic heterocycles. The van der Waals surface area contributed by atoms with Crippen molar-refractivity contribution in [2.75, 3.05) is 5.90 Å². The fourth-order valence-electron chi connectivity index (χ4n) is 4.59. The van der Waals surface area contributed by atoms with Crippen molar-refractivity contribution in [3.05, 3.63) is 163 Å². The minimum Gasteiger partial charge on any atom is -0.741 e. The molecule has 5 aromatic carbocycles. The minimum absolute atomic E-state index is 0.169. The highest BCUT2D eigenvalue weighted by Gasteiger charge is 2.50. The predicted molar refractivity (Wildman–Crippen MR) is 178 cm³/mol. The van der Waals surface area contributed by atoms with Gasteiger partial charge < -0.3 is 14.3 Å². The smallest absolute Gasteiger partial charge is 0.485 e. The van der Waals surface area contributed by atoms with Crippen LogP contribution in [-0.2, 0) is 27.5 Å². The third-order valence-corrected chi connectivity index (χ3v) is 13.9. The van der Waals surface area contributed by atoms with Gasteiger partial charge >= 0.3 is 13.1 Å². The average Bonchev–Trinajstić information content (AvgIpc) is 3.04. The number of alkyl halides is 3. The SMILES string of the molecule is O=P(O)(O)C[P+](c1ccccc1)(c1ccccc1)c1ccccc1.O=S(=O)([O-])C(F)(F)F.c1ccc(CCc2ccccc2)cc1. The predicted octanol–water partition coefficient (Wildman–Crippen LogP) is 6.64. The van der Waals surface area contributed by atoms with Gasteiger partial charge in [0, 0.05) is 0 Å². The molecule has 5 aromatic rings. The summed E-state index contributed by atoms with van der Waals surface area (Å²) in [5, 5.41) is 2.93. The van der Waals surface area contributed by atoms with Crippen LogP contribution < -0.4 is 15.9 Å². The van der Waals surface area contributed by atoms with Gasteiger partial charge in [0.2, 0.25) is 0 Å². The summed E-state index contributed by atoms with van der Waals surface area (Å²) in [6.45, 7) is 0. The Morgan fingerprint density at radius 2 is 0.804 bits per heavy atom. The van der Waals surface area contributed by atoms with Gasteiger partial charge in [-0.2, -0.15) is 13.2 Å². The lowest BCUT2D eigenvalue weighted by Crippen LogP contribution is -2.33. The number of hydrogen-bond acceptors (Lipinski definition) is 4. The Morgan fingerprint density at radius 1 is 0.565 bits per heavy atom. The summed E-state index contributed by atoms with van der Waals surface area (Å²) < 4.78 is 71.0. The van der Waals surface area contributed by atoms with Gasteiger partial charge in [-0.25, -0.2) is 8.42 Å². The largest absolute Gasteiger partial charge is 0.741 e. The maximum Gasteiger partial charge on any atom is 0.485 e. The number of halogens is 3. The number of rotatable bonds is 8. The Hall–Kier alpha value is -3.62. The summed E-state index contributed by atoms with van der Waals surface area (Å²) in [6, 6.07) is 50.4. The van der Waals surface area contributed by atoms with E-state index in [2.05, 4.69) is 60.7 Å². The van der Waals surface area contributed by atoms with E-state index in [4.69, 9.17) is 13.0 Å². The molecule has 0 atom stereocenters. The van der Waals surface area contributed by atoms with Crippen molar-refractivity contribution >= 4 is 40.9 Å². The Bertz CT molecular complexity index is 1620. The summed E-state index contributed by atoms with van der Waals surface area (Å²) in [6.07, 6.45) is 2.26. The molecule has 0 aliphatic carbocycles. The van der Waals surface area contributed by atoms with Gasteiger partial charge in [0.25, 0.3) is 0 Å². The molecule has 12 heteroatoms. The first-order chi connectivity index (χ1) is 21.7. The normalized spacial score (nSPS) is 11.8. The monoisotopic (exact) mass is 688 g/mol. The Morgan fingerprint density at radius 3 is 1.02 bits per heavy atom. The van der Waals surface area contributed by atoms with Crippen molar-refractivity contribution in [1.29, 1.82) is 0 Å². The molecule has 0 aliphatic rings. The highest BCUT2D eigenvalue weighted by atomic mass is 32.2. The first-order valence-corrected chi connectivity index (χ1v) is 19.1. The van der Waals surface area contributed by atoms with Crippen LogP contribution in [0.2, 0.25) is 0 Å². The fourth-order valence-corrected chi connectivity index (χ4v) is 11.7. The third kappa shape index (κ3) is 11.3. The van der Waals surface area contributed by atoms with E-state index in [0.29, 0.717) is 0 Å². The van der Waals surface area contributed by atoms with Crippen molar-refractivity contribution in [2.45, 2.75) is 18.3 Å². The van der Waals surface area contributed by atoms with E-state index in [-0.39, 0.29) is 5.90 Å². The zero-order chi connectivity index (χ0) is 33.7. The Labute approximate surface area is 267 Å². The van der Waals surface area contributed by atoms with Gasteiger partial charge in [-0.1, -0.05) is 115 Å². The molecule has 6 nitrogen and oxygen atoms in total. The maximum atomic E-state index is 12.1. The van der Waals surface area contributed by atoms with Crippen molar-refractivity contribution in [3.63, 3.8) is 0 Å².